The molecule has 1 fully saturated rings. The molecule has 0 bridgehead atoms. The van der Waals surface area contributed by atoms with E-state index >= 15 is 0 Å². The van der Waals surface area contributed by atoms with Crippen molar-refractivity contribution < 1.29 is 13.2 Å². The van der Waals surface area contributed by atoms with Gasteiger partial charge in [0.25, 0.3) is 5.91 Å². The molecule has 26 heavy (non-hydrogen) atoms. The van der Waals surface area contributed by atoms with E-state index in [1.807, 2.05) is 25.1 Å². The number of hydrogen-bond donors (Lipinski definition) is 2. The van der Waals surface area contributed by atoms with Gasteiger partial charge in [-0.05, 0) is 37.0 Å². The Balaban J connectivity index is 1.66. The molecule has 0 unspecified atom stereocenters. The fourth-order valence-electron chi connectivity index (χ4n) is 3.01. The molecule has 2 aliphatic heterocycles. The van der Waals surface area contributed by atoms with Crippen molar-refractivity contribution in [3.05, 3.63) is 29.3 Å². The molecular formula is C18H25N3O3S2. The molecule has 2 N–H and O–H groups in total. The molecule has 0 radical (unpaired) electrons. The van der Waals surface area contributed by atoms with E-state index in [0.29, 0.717) is 18.0 Å². The van der Waals surface area contributed by atoms with Gasteiger partial charge in [-0.2, -0.15) is 0 Å². The van der Waals surface area contributed by atoms with E-state index in [4.69, 9.17) is 0 Å². The summed E-state index contributed by atoms with van der Waals surface area (Å²) in [5.41, 5.74) is 2.44. The Bertz CT molecular complexity index is 834. The van der Waals surface area contributed by atoms with Crippen LogP contribution in [0.1, 0.15) is 36.2 Å². The van der Waals surface area contributed by atoms with Crippen LogP contribution in [0.25, 0.3) is 0 Å². The number of nitrogens with one attached hydrogen (secondary N) is 2. The summed E-state index contributed by atoms with van der Waals surface area (Å²) in [6.45, 7) is 6.88. The molecule has 1 saturated heterocycles. The van der Waals surface area contributed by atoms with E-state index in [9.17, 15) is 13.2 Å². The number of aryl methyl sites for hydroxylation is 1. The molecule has 6 nitrogen and oxygen atoms in total. The number of anilines is 1. The highest BCUT2D eigenvalue weighted by molar-refractivity contribution is 8.15. The van der Waals surface area contributed by atoms with E-state index in [1.54, 1.807) is 0 Å². The van der Waals surface area contributed by atoms with Gasteiger partial charge in [0.05, 0.1) is 17.5 Å². The topological polar surface area (TPSA) is 87.6 Å². The molecule has 1 amide bonds. The van der Waals surface area contributed by atoms with Crippen LogP contribution in [-0.4, -0.2) is 48.8 Å². The Hall–Kier alpha value is -1.54. The first-order chi connectivity index (χ1) is 12.2. The molecule has 1 aromatic rings. The van der Waals surface area contributed by atoms with Gasteiger partial charge in [-0.3, -0.25) is 9.79 Å². The Morgan fingerprint density at radius 3 is 2.81 bits per heavy atom. The smallest absolute Gasteiger partial charge is 0.251 e. The van der Waals surface area contributed by atoms with Gasteiger partial charge in [0, 0.05) is 23.0 Å². The van der Waals surface area contributed by atoms with Crippen LogP contribution in [0.3, 0.4) is 0 Å². The van der Waals surface area contributed by atoms with Gasteiger partial charge in [-0.25, -0.2) is 8.42 Å². The van der Waals surface area contributed by atoms with Gasteiger partial charge in [-0.1, -0.05) is 31.7 Å². The molecule has 0 aromatic heterocycles. The minimum Gasteiger partial charge on any atom is -0.352 e. The van der Waals surface area contributed by atoms with Crippen LogP contribution in [0.2, 0.25) is 0 Å². The monoisotopic (exact) mass is 395 g/mol. The van der Waals surface area contributed by atoms with Crippen molar-refractivity contribution in [3.63, 3.8) is 0 Å². The van der Waals surface area contributed by atoms with E-state index < -0.39 is 9.84 Å². The normalized spacial score (nSPS) is 23.6. The number of hydrogen-bond acceptors (Lipinski definition) is 6. The zero-order chi connectivity index (χ0) is 18.9. The van der Waals surface area contributed by atoms with Crippen molar-refractivity contribution >= 4 is 38.4 Å². The fraction of sp³-hybridized carbons (Fsp3) is 0.556. The zero-order valence-electron chi connectivity index (χ0n) is 15.3. The Kier molecular flexibility index (Phi) is 5.62. The fourth-order valence-corrected chi connectivity index (χ4v) is 6.67. The second kappa shape index (κ2) is 7.60. The van der Waals surface area contributed by atoms with Crippen molar-refractivity contribution in [2.45, 2.75) is 38.5 Å². The molecule has 2 aliphatic rings. The molecule has 0 spiro atoms. The number of nitrogens with zero attached hydrogens (tertiary/aromatic N) is 1. The van der Waals surface area contributed by atoms with Crippen molar-refractivity contribution in [1.29, 1.82) is 0 Å². The van der Waals surface area contributed by atoms with Crippen LogP contribution in [0, 0.1) is 12.8 Å². The second-order valence-electron chi connectivity index (χ2n) is 7.33. The van der Waals surface area contributed by atoms with E-state index in [-0.39, 0.29) is 28.7 Å². The Morgan fingerprint density at radius 1 is 1.35 bits per heavy atom. The van der Waals surface area contributed by atoms with Crippen LogP contribution in [0.4, 0.5) is 5.69 Å². The lowest BCUT2D eigenvalue weighted by Gasteiger charge is -2.12. The van der Waals surface area contributed by atoms with Gasteiger partial charge in [-0.15, -0.1) is 0 Å². The van der Waals surface area contributed by atoms with Gasteiger partial charge >= 0.3 is 0 Å². The van der Waals surface area contributed by atoms with E-state index in [1.165, 1.54) is 11.8 Å². The molecule has 8 heteroatoms. The number of carbonyl (C=O) groups is 1. The lowest BCUT2D eigenvalue weighted by atomic mass is 10.1. The predicted octanol–water partition coefficient (Wildman–Crippen LogP) is 2.45. The van der Waals surface area contributed by atoms with Crippen LogP contribution in [0.15, 0.2) is 23.2 Å². The first-order valence-electron chi connectivity index (χ1n) is 8.84. The average molecular weight is 396 g/mol. The summed E-state index contributed by atoms with van der Waals surface area (Å²) < 4.78 is 23.3. The molecule has 2 atom stereocenters. The summed E-state index contributed by atoms with van der Waals surface area (Å²) in [5, 5.41) is 6.95. The third-order valence-corrected chi connectivity index (χ3v) is 7.71. The lowest BCUT2D eigenvalue weighted by molar-refractivity contribution is 0.0952. The number of aliphatic imine (C=N–C) groups is 1. The van der Waals surface area contributed by atoms with E-state index in [0.717, 1.165) is 22.8 Å². The standard InChI is InChI=1S/C18H25N3O3S2/c1-11(2)6-7-19-17(22)13-5-4-12(3)14(8-13)20-18-21-15-9-26(23,24)10-16(15)25-18/h4-5,8,11,15-16H,6-7,9-10H2,1-3H3,(H,19,22)(H,20,21)/t15-,16+/m0/s1. The van der Waals surface area contributed by atoms with Crippen LogP contribution >= 0.6 is 11.8 Å². The summed E-state index contributed by atoms with van der Waals surface area (Å²) >= 11 is 1.48. The van der Waals surface area contributed by atoms with Crippen molar-refractivity contribution in [3.8, 4) is 0 Å². The second-order valence-corrected chi connectivity index (χ2v) is 10.7. The van der Waals surface area contributed by atoms with Gasteiger partial charge < -0.3 is 10.6 Å². The van der Waals surface area contributed by atoms with Gasteiger partial charge in [0.2, 0.25) is 0 Å². The van der Waals surface area contributed by atoms with Crippen molar-refractivity contribution in [2.24, 2.45) is 10.9 Å². The number of amidine groups is 1. The molecule has 0 aliphatic carbocycles. The molecular weight excluding hydrogens is 370 g/mol. The maximum absolute atomic E-state index is 12.3. The quantitative estimate of drug-likeness (QED) is 0.800. The predicted molar refractivity (Wildman–Crippen MR) is 108 cm³/mol. The summed E-state index contributed by atoms with van der Waals surface area (Å²) in [6, 6.07) is 5.39. The van der Waals surface area contributed by atoms with Gasteiger partial charge in [0.1, 0.15) is 0 Å². The number of fused-ring (bicyclic) bond motifs is 1. The number of carbonyl (C=O) groups excluding carboxylic acids is 1. The molecule has 142 valence electrons. The number of amides is 1. The summed E-state index contributed by atoms with van der Waals surface area (Å²) in [4.78, 5) is 16.8. The minimum atomic E-state index is -2.95. The first-order valence-corrected chi connectivity index (χ1v) is 11.5. The first kappa shape index (κ1) is 19.2. The van der Waals surface area contributed by atoms with Crippen molar-refractivity contribution in [1.82, 2.24) is 5.32 Å². The number of benzene rings is 1. The SMILES string of the molecule is Cc1ccc(C(=O)NCCC(C)C)cc1NC1=N[C@H]2CS(=O)(=O)C[C@H]2S1. The Morgan fingerprint density at radius 2 is 2.12 bits per heavy atom. The number of rotatable bonds is 5. The minimum absolute atomic E-state index is 0.00493. The summed E-state index contributed by atoms with van der Waals surface area (Å²) in [7, 11) is -2.95. The highest BCUT2D eigenvalue weighted by atomic mass is 32.2. The Labute approximate surface area is 159 Å². The third kappa shape index (κ3) is 4.59. The van der Waals surface area contributed by atoms with Crippen LogP contribution in [0.5, 0.6) is 0 Å². The third-order valence-electron chi connectivity index (χ3n) is 4.57. The molecule has 1 aromatic carbocycles. The highest BCUT2D eigenvalue weighted by Gasteiger charge is 2.42. The largest absolute Gasteiger partial charge is 0.352 e. The van der Waals surface area contributed by atoms with Crippen LogP contribution in [-0.2, 0) is 9.84 Å². The van der Waals surface area contributed by atoms with E-state index in [2.05, 4.69) is 29.5 Å². The zero-order valence-corrected chi connectivity index (χ0v) is 16.9. The van der Waals surface area contributed by atoms with Crippen molar-refractivity contribution in [2.75, 3.05) is 23.4 Å². The number of thioether (sulfide) groups is 1. The maximum Gasteiger partial charge on any atom is 0.251 e. The average Bonchev–Trinajstić information content (AvgIpc) is 3.01. The van der Waals surface area contributed by atoms with Crippen LogP contribution < -0.4 is 10.6 Å². The van der Waals surface area contributed by atoms with Gasteiger partial charge in [0.15, 0.2) is 15.0 Å². The molecule has 2 heterocycles. The summed E-state index contributed by atoms with van der Waals surface area (Å²) in [6.07, 6.45) is 0.946. The molecule has 3 rings (SSSR count). The lowest BCUT2D eigenvalue weighted by Crippen LogP contribution is -2.25. The number of sulfone groups is 1. The maximum atomic E-state index is 12.3. The highest BCUT2D eigenvalue weighted by Crippen LogP contribution is 2.35. The summed E-state index contributed by atoms with van der Waals surface area (Å²) in [5.74, 6) is 0.783. The molecule has 0 saturated carbocycles.